The second kappa shape index (κ2) is 14.4. The first-order valence-electron chi connectivity index (χ1n) is 19.6. The molecule has 14 heteroatoms. The standard InChI is InChI=1S/C42H53N9O4S/c1-25-28-8-7-14-51(36(28)50-49-35(25)48-38-46-31-16-27(54-6)9-11-32(31)56-38)33-12-10-29(34(47-33)37(52)53)30(17-43)26(2)45-24-41-19-39(3)18-40(4,20-41)22-42(21-39,23-41)55-15-13-44-5/h9-12,16-17,44H,7-8,13-15,18-24,43H2,1-6H3,(H,52,53)(H,46,48,49)/b30-17+,45-26?. The number of aliphatic imine (C=N–C) groups is 1. The van der Waals surface area contributed by atoms with Gasteiger partial charge in [0.15, 0.2) is 22.5 Å². The normalized spacial score (nSPS) is 27.1. The SMILES string of the molecule is CNCCOC12CC3(C)CC(C)(CC(CN=C(C)/C(=C\N)c4ccc(N5CCCc6c5nnc(Nc5nc7cc(OC)ccc7s5)c6C)nc4C(=O)O)(C3)C1)C2. The van der Waals surface area contributed by atoms with Gasteiger partial charge in [0.25, 0.3) is 0 Å². The van der Waals surface area contributed by atoms with Crippen molar-refractivity contribution in [3.63, 3.8) is 0 Å². The first-order chi connectivity index (χ1) is 26.8. The third-order valence-corrected chi connectivity index (χ3v) is 13.4. The number of nitrogens with one attached hydrogen (secondary N) is 2. The summed E-state index contributed by atoms with van der Waals surface area (Å²) in [6.45, 7) is 11.6. The van der Waals surface area contributed by atoms with Crippen LogP contribution in [0.3, 0.4) is 0 Å². The number of aromatic nitrogens is 4. The molecule has 13 nitrogen and oxygen atoms in total. The van der Waals surface area contributed by atoms with Crippen LogP contribution >= 0.6 is 11.3 Å². The molecule has 4 aromatic rings. The Morgan fingerprint density at radius 2 is 1.88 bits per heavy atom. The number of allylic oxidation sites excluding steroid dienone is 1. The summed E-state index contributed by atoms with van der Waals surface area (Å²) in [5.41, 5.74) is 11.1. The average Bonchev–Trinajstić information content (AvgIpc) is 3.55. The number of pyridine rings is 1. The fraction of sp³-hybridized carbons (Fsp3) is 0.524. The molecule has 0 spiro atoms. The number of hydrogen-bond acceptors (Lipinski definition) is 13. The summed E-state index contributed by atoms with van der Waals surface area (Å²) in [5.74, 6) is 1.41. The number of hydrogen-bond donors (Lipinski definition) is 4. The highest BCUT2D eigenvalue weighted by molar-refractivity contribution is 7.22. The van der Waals surface area contributed by atoms with E-state index in [4.69, 9.17) is 30.2 Å². The number of nitrogens with two attached hydrogens (primary N) is 1. The number of benzene rings is 1. The largest absolute Gasteiger partial charge is 0.497 e. The number of aromatic carboxylic acids is 1. The Morgan fingerprint density at radius 3 is 2.59 bits per heavy atom. The Labute approximate surface area is 332 Å². The van der Waals surface area contributed by atoms with Gasteiger partial charge in [-0.25, -0.2) is 14.8 Å². The van der Waals surface area contributed by atoms with Gasteiger partial charge in [0.1, 0.15) is 11.6 Å². The van der Waals surface area contributed by atoms with Crippen LogP contribution in [0.2, 0.25) is 0 Å². The van der Waals surface area contributed by atoms with E-state index in [1.807, 2.05) is 50.1 Å². The summed E-state index contributed by atoms with van der Waals surface area (Å²) in [6, 6.07) is 9.47. The number of rotatable bonds is 13. The monoisotopic (exact) mass is 779 g/mol. The van der Waals surface area contributed by atoms with Gasteiger partial charge in [-0.15, -0.1) is 10.2 Å². The van der Waals surface area contributed by atoms with Gasteiger partial charge in [0.05, 0.1) is 29.5 Å². The maximum absolute atomic E-state index is 12.9. The molecule has 56 heavy (non-hydrogen) atoms. The van der Waals surface area contributed by atoms with Crippen LogP contribution in [0.5, 0.6) is 5.75 Å². The first-order valence-corrected chi connectivity index (χ1v) is 20.4. The van der Waals surface area contributed by atoms with Gasteiger partial charge in [-0.3, -0.25) is 4.99 Å². The van der Waals surface area contributed by atoms with Crippen molar-refractivity contribution in [1.82, 2.24) is 25.5 Å². The van der Waals surface area contributed by atoms with Crippen LogP contribution in [-0.4, -0.2) is 83.0 Å². The van der Waals surface area contributed by atoms with Crippen LogP contribution in [0.4, 0.5) is 22.6 Å². The summed E-state index contributed by atoms with van der Waals surface area (Å²) in [4.78, 5) is 29.5. The highest BCUT2D eigenvalue weighted by Crippen LogP contribution is 2.71. The van der Waals surface area contributed by atoms with Crippen molar-refractivity contribution < 1.29 is 19.4 Å². The third kappa shape index (κ3) is 7.00. The van der Waals surface area contributed by atoms with E-state index in [-0.39, 0.29) is 27.5 Å². The van der Waals surface area contributed by atoms with Crippen molar-refractivity contribution in [3.8, 4) is 5.75 Å². The highest BCUT2D eigenvalue weighted by atomic mass is 32.1. The lowest BCUT2D eigenvalue weighted by molar-refractivity contribution is -0.241. The lowest BCUT2D eigenvalue weighted by atomic mass is 9.39. The lowest BCUT2D eigenvalue weighted by Crippen LogP contribution is -2.64. The Morgan fingerprint density at radius 1 is 1.09 bits per heavy atom. The zero-order valence-corrected chi connectivity index (χ0v) is 34.1. The number of thiazole rings is 1. The molecular weight excluding hydrogens is 727 g/mol. The van der Waals surface area contributed by atoms with Gasteiger partial charge in [0, 0.05) is 59.9 Å². The maximum atomic E-state index is 12.9. The van der Waals surface area contributed by atoms with Crippen LogP contribution in [0.1, 0.15) is 92.9 Å². The fourth-order valence-corrected chi connectivity index (χ4v) is 12.2. The summed E-state index contributed by atoms with van der Waals surface area (Å²) in [7, 11) is 3.61. The minimum atomic E-state index is -1.14. The zero-order chi connectivity index (χ0) is 39.5. The van der Waals surface area contributed by atoms with Gasteiger partial charge in [0.2, 0.25) is 0 Å². The molecule has 4 bridgehead atoms. The average molecular weight is 780 g/mol. The molecule has 0 saturated heterocycles. The molecule has 4 aliphatic carbocycles. The van der Waals surface area contributed by atoms with E-state index in [9.17, 15) is 9.90 Å². The van der Waals surface area contributed by atoms with Crippen LogP contribution in [-0.2, 0) is 11.2 Å². The number of carboxylic acid groups (broad SMARTS) is 1. The zero-order valence-electron chi connectivity index (χ0n) is 33.3. The smallest absolute Gasteiger partial charge is 0.355 e. The Kier molecular flexibility index (Phi) is 9.81. The molecule has 2 unspecified atom stereocenters. The van der Waals surface area contributed by atoms with Gasteiger partial charge in [-0.1, -0.05) is 25.2 Å². The first kappa shape index (κ1) is 38.2. The van der Waals surface area contributed by atoms with Crippen molar-refractivity contribution in [2.45, 2.75) is 84.7 Å². The summed E-state index contributed by atoms with van der Waals surface area (Å²) >= 11 is 1.53. The van der Waals surface area contributed by atoms with Crippen LogP contribution in [0.15, 0.2) is 41.5 Å². The second-order valence-electron chi connectivity index (χ2n) is 17.4. The quantitative estimate of drug-likeness (QED) is 0.0782. The molecular formula is C42H53N9O4S. The van der Waals surface area contributed by atoms with Crippen molar-refractivity contribution in [2.24, 2.45) is 27.0 Å². The molecule has 0 amide bonds. The van der Waals surface area contributed by atoms with Gasteiger partial charge in [-0.05, 0) is 113 Å². The van der Waals surface area contributed by atoms with Crippen LogP contribution < -0.4 is 26.0 Å². The molecule has 4 heterocycles. The van der Waals surface area contributed by atoms with Crippen molar-refractivity contribution in [1.29, 1.82) is 0 Å². The van der Waals surface area contributed by atoms with Crippen molar-refractivity contribution >= 4 is 61.4 Å². The highest BCUT2D eigenvalue weighted by Gasteiger charge is 2.66. The molecule has 1 aliphatic heterocycles. The van der Waals surface area contributed by atoms with Crippen molar-refractivity contribution in [2.75, 3.05) is 50.6 Å². The third-order valence-electron chi connectivity index (χ3n) is 12.5. The van der Waals surface area contributed by atoms with E-state index >= 15 is 0 Å². The minimum absolute atomic E-state index is 0.0231. The number of ether oxygens (including phenoxy) is 2. The molecule has 5 N–H and O–H groups in total. The number of carbonyl (C=O) groups is 1. The molecule has 5 aliphatic rings. The number of fused-ring (bicyclic) bond motifs is 2. The molecule has 9 rings (SSSR count). The fourth-order valence-electron chi connectivity index (χ4n) is 11.4. The second-order valence-corrected chi connectivity index (χ2v) is 18.4. The lowest BCUT2D eigenvalue weighted by Gasteiger charge is -2.69. The van der Waals surface area contributed by atoms with E-state index in [1.165, 1.54) is 24.0 Å². The molecule has 4 saturated carbocycles. The predicted octanol–water partition coefficient (Wildman–Crippen LogP) is 7.44. The van der Waals surface area contributed by atoms with E-state index in [0.29, 0.717) is 59.1 Å². The topological polar surface area (TPSA) is 173 Å². The summed E-state index contributed by atoms with van der Waals surface area (Å²) in [5, 5.41) is 27.0. The van der Waals surface area contributed by atoms with E-state index in [2.05, 4.69) is 34.7 Å². The maximum Gasteiger partial charge on any atom is 0.355 e. The number of anilines is 4. The predicted molar refractivity (Wildman–Crippen MR) is 222 cm³/mol. The molecule has 2 atom stereocenters. The van der Waals surface area contributed by atoms with E-state index in [0.717, 1.165) is 78.6 Å². The Hall–Kier alpha value is -4.66. The molecule has 296 valence electrons. The van der Waals surface area contributed by atoms with Crippen molar-refractivity contribution in [3.05, 3.63) is 58.9 Å². The van der Waals surface area contributed by atoms with E-state index in [1.54, 1.807) is 13.2 Å². The molecule has 1 aromatic carbocycles. The molecule has 3 aromatic heterocycles. The number of nitrogens with zero attached hydrogens (tertiary/aromatic N) is 6. The number of carboxylic acids is 1. The Balaban J connectivity index is 1.04. The number of methoxy groups -OCH3 is 1. The van der Waals surface area contributed by atoms with E-state index < -0.39 is 5.97 Å². The minimum Gasteiger partial charge on any atom is -0.497 e. The van der Waals surface area contributed by atoms with Gasteiger partial charge >= 0.3 is 5.97 Å². The van der Waals surface area contributed by atoms with Crippen LogP contribution in [0.25, 0.3) is 15.8 Å². The summed E-state index contributed by atoms with van der Waals surface area (Å²) < 4.78 is 13.1. The van der Waals surface area contributed by atoms with Crippen LogP contribution in [0, 0.1) is 23.2 Å². The Bertz CT molecular complexity index is 2230. The van der Waals surface area contributed by atoms with Gasteiger partial charge < -0.3 is 35.8 Å². The molecule has 0 radical (unpaired) electrons. The van der Waals surface area contributed by atoms with Gasteiger partial charge in [-0.2, -0.15) is 0 Å². The number of likely N-dealkylation sites (N-methyl/N-ethyl adjacent to an activating group) is 1. The molecule has 4 fully saturated rings. The summed E-state index contributed by atoms with van der Waals surface area (Å²) in [6.07, 6.45) is 9.78.